The van der Waals surface area contributed by atoms with Crippen LogP contribution in [0.5, 0.6) is 0 Å². The van der Waals surface area contributed by atoms with Gasteiger partial charge in [-0.1, -0.05) is 68.8 Å². The third kappa shape index (κ3) is 7.08. The minimum absolute atomic E-state index is 0.00814. The Hall–Kier alpha value is -4.14. The van der Waals surface area contributed by atoms with Crippen LogP contribution in [0.15, 0.2) is 108 Å². The number of hydrogen-bond acceptors (Lipinski definition) is 4. The van der Waals surface area contributed by atoms with Crippen molar-refractivity contribution in [2.24, 2.45) is 0 Å². The van der Waals surface area contributed by atoms with E-state index >= 15 is 0 Å². The summed E-state index contributed by atoms with van der Waals surface area (Å²) in [5.41, 5.74) is 2.83. The van der Waals surface area contributed by atoms with Gasteiger partial charge in [0, 0.05) is 22.0 Å². The summed E-state index contributed by atoms with van der Waals surface area (Å²) in [6, 6.07) is 28.2. The second-order valence-corrected chi connectivity index (χ2v) is 12.5. The number of carbonyl (C=O) groups excluding carboxylic acids is 2. The van der Waals surface area contributed by atoms with E-state index in [1.54, 1.807) is 66.7 Å². The first kappa shape index (κ1) is 28.9. The van der Waals surface area contributed by atoms with Crippen LogP contribution in [0.4, 0.5) is 17.1 Å². The van der Waals surface area contributed by atoms with Crippen molar-refractivity contribution in [2.75, 3.05) is 21.5 Å². The van der Waals surface area contributed by atoms with Gasteiger partial charge in [0.1, 0.15) is 6.54 Å². The van der Waals surface area contributed by atoms with Crippen LogP contribution in [0.25, 0.3) is 0 Å². The summed E-state index contributed by atoms with van der Waals surface area (Å²) in [5, 5.41) is 5.97. The molecular weight excluding hydrogens is 546 g/mol. The molecule has 2 N–H and O–H groups in total. The number of hydrogen-bond donors (Lipinski definition) is 2. The zero-order chi connectivity index (χ0) is 28.9. The smallest absolute Gasteiger partial charge is 0.264 e. The van der Waals surface area contributed by atoms with Crippen molar-refractivity contribution in [1.29, 1.82) is 0 Å². The van der Waals surface area contributed by atoms with Crippen LogP contribution in [0.3, 0.4) is 0 Å². The van der Waals surface area contributed by atoms with Gasteiger partial charge in [0.2, 0.25) is 5.91 Å². The Morgan fingerprint density at radius 2 is 1.38 bits per heavy atom. The first-order valence-corrected chi connectivity index (χ1v) is 14.4. The monoisotopic (exact) mass is 575 g/mol. The molecule has 0 bridgehead atoms. The van der Waals surface area contributed by atoms with E-state index in [1.165, 1.54) is 24.3 Å². The number of halogens is 1. The third-order valence-corrected chi connectivity index (χ3v) is 8.19. The first-order chi connectivity index (χ1) is 18.9. The zero-order valence-corrected chi connectivity index (χ0v) is 24.0. The lowest BCUT2D eigenvalue weighted by Crippen LogP contribution is -2.38. The topological polar surface area (TPSA) is 95.6 Å². The fraction of sp³-hybridized carbons (Fsp3) is 0.161. The van der Waals surface area contributed by atoms with E-state index < -0.39 is 22.5 Å². The van der Waals surface area contributed by atoms with E-state index in [0.29, 0.717) is 27.6 Å². The molecule has 40 heavy (non-hydrogen) atoms. The largest absolute Gasteiger partial charge is 0.324 e. The minimum atomic E-state index is -4.07. The molecule has 9 heteroatoms. The Bertz CT molecular complexity index is 1600. The lowest BCUT2D eigenvalue weighted by Gasteiger charge is -2.24. The van der Waals surface area contributed by atoms with Gasteiger partial charge in [-0.2, -0.15) is 0 Å². The highest BCUT2D eigenvalue weighted by atomic mass is 35.5. The van der Waals surface area contributed by atoms with E-state index in [0.717, 1.165) is 9.87 Å². The van der Waals surface area contributed by atoms with Gasteiger partial charge in [-0.3, -0.25) is 13.9 Å². The fourth-order valence-electron chi connectivity index (χ4n) is 3.97. The molecule has 4 aromatic rings. The molecule has 206 valence electrons. The maximum absolute atomic E-state index is 13.5. The number of anilines is 3. The molecule has 0 unspecified atom stereocenters. The lowest BCUT2D eigenvalue weighted by molar-refractivity contribution is -0.114. The van der Waals surface area contributed by atoms with Crippen molar-refractivity contribution >= 4 is 50.5 Å². The van der Waals surface area contributed by atoms with E-state index in [1.807, 2.05) is 12.1 Å². The predicted molar refractivity (Wildman–Crippen MR) is 161 cm³/mol. The molecule has 0 aromatic heterocycles. The van der Waals surface area contributed by atoms with Crippen LogP contribution < -0.4 is 14.9 Å². The van der Waals surface area contributed by atoms with Crippen molar-refractivity contribution in [2.45, 2.75) is 31.1 Å². The number of benzene rings is 4. The third-order valence-electron chi connectivity index (χ3n) is 6.15. The Kier molecular flexibility index (Phi) is 8.61. The van der Waals surface area contributed by atoms with Gasteiger partial charge in [0.05, 0.1) is 10.6 Å². The van der Waals surface area contributed by atoms with Gasteiger partial charge in [0.25, 0.3) is 15.9 Å². The predicted octanol–water partition coefficient (Wildman–Crippen LogP) is 6.72. The number of nitrogens with zero attached hydrogens (tertiary/aromatic N) is 1. The summed E-state index contributed by atoms with van der Waals surface area (Å²) in [5.74, 6) is -0.837. The van der Waals surface area contributed by atoms with Crippen LogP contribution in [0.2, 0.25) is 5.02 Å². The van der Waals surface area contributed by atoms with E-state index in [4.69, 9.17) is 11.6 Å². The standard InChI is InChI=1S/C31H30ClN3O4S/c1-31(2,3)23-14-12-22(13-15-23)30(37)34-26-9-7-8-25(20-26)33-29(36)21-35(27-10-5-4-6-11-27)40(38,39)28-18-16-24(32)17-19-28/h4-20H,21H2,1-3H3,(H,33,36)(H,34,37). The fourth-order valence-corrected chi connectivity index (χ4v) is 5.52. The molecule has 0 aliphatic carbocycles. The van der Waals surface area contributed by atoms with Crippen LogP contribution >= 0.6 is 11.6 Å². The van der Waals surface area contributed by atoms with Gasteiger partial charge in [-0.05, 0) is 77.7 Å². The van der Waals surface area contributed by atoms with E-state index in [2.05, 4.69) is 31.4 Å². The molecule has 0 spiro atoms. The molecule has 0 heterocycles. The normalized spacial score (nSPS) is 11.5. The number of carbonyl (C=O) groups is 2. The maximum Gasteiger partial charge on any atom is 0.264 e. The highest BCUT2D eigenvalue weighted by Crippen LogP contribution is 2.26. The molecule has 0 aliphatic rings. The summed E-state index contributed by atoms with van der Waals surface area (Å²) in [6.07, 6.45) is 0. The van der Waals surface area contributed by atoms with Crippen molar-refractivity contribution in [3.63, 3.8) is 0 Å². The van der Waals surface area contributed by atoms with Gasteiger partial charge >= 0.3 is 0 Å². The number of para-hydroxylation sites is 1. The van der Waals surface area contributed by atoms with Crippen molar-refractivity contribution < 1.29 is 18.0 Å². The molecule has 7 nitrogen and oxygen atoms in total. The SMILES string of the molecule is CC(C)(C)c1ccc(C(=O)Nc2cccc(NC(=O)CN(c3ccccc3)S(=O)(=O)c3ccc(Cl)cc3)c2)cc1. The summed E-state index contributed by atoms with van der Waals surface area (Å²) in [7, 11) is -4.07. The number of amides is 2. The molecular formula is C31H30ClN3O4S. The summed E-state index contributed by atoms with van der Waals surface area (Å²) >= 11 is 5.94. The Morgan fingerprint density at radius 1 is 0.775 bits per heavy atom. The summed E-state index contributed by atoms with van der Waals surface area (Å²) < 4.78 is 28.0. The molecule has 4 aromatic carbocycles. The molecule has 0 saturated heterocycles. The average Bonchev–Trinajstić information content (AvgIpc) is 2.92. The Morgan fingerprint density at radius 3 is 1.98 bits per heavy atom. The number of nitrogens with one attached hydrogen (secondary N) is 2. The Balaban J connectivity index is 1.49. The van der Waals surface area contributed by atoms with E-state index in [9.17, 15) is 18.0 Å². The maximum atomic E-state index is 13.5. The molecule has 2 amide bonds. The average molecular weight is 576 g/mol. The highest BCUT2D eigenvalue weighted by Gasteiger charge is 2.27. The molecule has 0 atom stereocenters. The first-order valence-electron chi connectivity index (χ1n) is 12.6. The summed E-state index contributed by atoms with van der Waals surface area (Å²) in [4.78, 5) is 25.9. The quantitative estimate of drug-likeness (QED) is 0.244. The highest BCUT2D eigenvalue weighted by molar-refractivity contribution is 7.92. The number of rotatable bonds is 8. The van der Waals surface area contributed by atoms with E-state index in [-0.39, 0.29) is 16.2 Å². The van der Waals surface area contributed by atoms with Gasteiger partial charge in [0.15, 0.2) is 0 Å². The molecule has 0 fully saturated rings. The van der Waals surface area contributed by atoms with Gasteiger partial charge in [-0.15, -0.1) is 0 Å². The van der Waals surface area contributed by atoms with Crippen molar-refractivity contribution in [1.82, 2.24) is 0 Å². The van der Waals surface area contributed by atoms with Gasteiger partial charge < -0.3 is 10.6 Å². The molecule has 4 rings (SSSR count). The van der Waals surface area contributed by atoms with Crippen LogP contribution in [0, 0.1) is 0 Å². The van der Waals surface area contributed by atoms with Crippen LogP contribution in [0.1, 0.15) is 36.7 Å². The van der Waals surface area contributed by atoms with Gasteiger partial charge in [-0.25, -0.2) is 8.42 Å². The zero-order valence-electron chi connectivity index (χ0n) is 22.4. The van der Waals surface area contributed by atoms with Crippen LogP contribution in [-0.4, -0.2) is 26.8 Å². The van der Waals surface area contributed by atoms with Crippen LogP contribution in [-0.2, 0) is 20.2 Å². The molecule has 0 saturated carbocycles. The minimum Gasteiger partial charge on any atom is -0.324 e. The van der Waals surface area contributed by atoms with Crippen molar-refractivity contribution in [3.05, 3.63) is 119 Å². The Labute approximate surface area is 239 Å². The lowest BCUT2D eigenvalue weighted by atomic mass is 9.87. The summed E-state index contributed by atoms with van der Waals surface area (Å²) in [6.45, 7) is 5.85. The number of sulfonamides is 1. The molecule has 0 radical (unpaired) electrons. The molecule has 0 aliphatic heterocycles. The second kappa shape index (κ2) is 11.9. The second-order valence-electron chi connectivity index (χ2n) is 10.2. The van der Waals surface area contributed by atoms with Crippen molar-refractivity contribution in [3.8, 4) is 0 Å².